The number of amides is 1. The van der Waals surface area contributed by atoms with E-state index in [1.807, 2.05) is 12.1 Å². The largest absolute Gasteiger partial charge is 0.357 e. The van der Waals surface area contributed by atoms with Crippen LogP contribution < -0.4 is 10.2 Å². The molecule has 1 amide bonds. The number of anilines is 2. The van der Waals surface area contributed by atoms with Gasteiger partial charge in [0.2, 0.25) is 0 Å². The third kappa shape index (κ3) is 4.06. The van der Waals surface area contributed by atoms with Crippen LogP contribution in [0.25, 0.3) is 0 Å². The van der Waals surface area contributed by atoms with Crippen molar-refractivity contribution in [3.05, 3.63) is 54.0 Å². The number of carbonyl (C=O) groups is 1. The van der Waals surface area contributed by atoms with Crippen molar-refractivity contribution in [3.8, 4) is 0 Å². The van der Waals surface area contributed by atoms with Crippen molar-refractivity contribution < 1.29 is 9.18 Å². The molecule has 0 atom stereocenters. The Morgan fingerprint density at radius 1 is 1.00 bits per heavy atom. The van der Waals surface area contributed by atoms with Gasteiger partial charge in [0, 0.05) is 18.8 Å². The molecule has 1 saturated heterocycles. The molecule has 0 radical (unpaired) electrons. The second-order valence-electron chi connectivity index (χ2n) is 5.74. The topological polar surface area (TPSA) is 45.2 Å². The van der Waals surface area contributed by atoms with Gasteiger partial charge in [0.05, 0.1) is 0 Å². The maximum atomic E-state index is 12.9. The molecule has 4 nitrogen and oxygen atoms in total. The molecular formula is C18H20FN3O. The first-order valence-corrected chi connectivity index (χ1v) is 8.01. The highest BCUT2D eigenvalue weighted by Crippen LogP contribution is 2.18. The molecule has 0 saturated carbocycles. The van der Waals surface area contributed by atoms with Crippen LogP contribution in [0.15, 0.2) is 42.5 Å². The van der Waals surface area contributed by atoms with Gasteiger partial charge in [-0.15, -0.1) is 0 Å². The second-order valence-corrected chi connectivity index (χ2v) is 5.74. The summed E-state index contributed by atoms with van der Waals surface area (Å²) in [7, 11) is 0. The molecule has 0 unspecified atom stereocenters. The van der Waals surface area contributed by atoms with Crippen LogP contribution in [0.3, 0.4) is 0 Å². The first kappa shape index (κ1) is 15.5. The van der Waals surface area contributed by atoms with Gasteiger partial charge in [-0.3, -0.25) is 4.79 Å². The van der Waals surface area contributed by atoms with Crippen LogP contribution in [0.1, 0.15) is 36.2 Å². The molecule has 3 rings (SSSR count). The Balaban J connectivity index is 1.73. The summed E-state index contributed by atoms with van der Waals surface area (Å²) in [5.74, 6) is 0.233. The Kier molecular flexibility index (Phi) is 4.86. The molecule has 2 heterocycles. The number of hydrogen-bond donors (Lipinski definition) is 1. The Morgan fingerprint density at radius 3 is 2.39 bits per heavy atom. The van der Waals surface area contributed by atoms with E-state index in [-0.39, 0.29) is 11.7 Å². The van der Waals surface area contributed by atoms with Crippen molar-refractivity contribution in [2.24, 2.45) is 0 Å². The first-order valence-electron chi connectivity index (χ1n) is 8.01. The number of aromatic nitrogens is 1. The monoisotopic (exact) mass is 313 g/mol. The Labute approximate surface area is 135 Å². The van der Waals surface area contributed by atoms with E-state index in [0.717, 1.165) is 31.7 Å². The van der Waals surface area contributed by atoms with Crippen LogP contribution in [-0.2, 0) is 0 Å². The van der Waals surface area contributed by atoms with Crippen molar-refractivity contribution in [1.29, 1.82) is 0 Å². The molecule has 120 valence electrons. The smallest absolute Gasteiger partial charge is 0.274 e. The molecule has 1 N–H and O–H groups in total. The van der Waals surface area contributed by atoms with E-state index in [2.05, 4.69) is 15.2 Å². The molecule has 0 aliphatic carbocycles. The van der Waals surface area contributed by atoms with E-state index in [9.17, 15) is 9.18 Å². The lowest BCUT2D eigenvalue weighted by molar-refractivity contribution is 0.102. The summed E-state index contributed by atoms with van der Waals surface area (Å²) in [5, 5.41) is 2.74. The lowest BCUT2D eigenvalue weighted by atomic mass is 10.2. The van der Waals surface area contributed by atoms with Crippen LogP contribution in [0.4, 0.5) is 15.9 Å². The number of rotatable bonds is 3. The normalized spacial score (nSPS) is 15.1. The number of nitrogens with zero attached hydrogens (tertiary/aromatic N) is 2. The zero-order valence-corrected chi connectivity index (χ0v) is 13.0. The summed E-state index contributed by atoms with van der Waals surface area (Å²) in [6.07, 6.45) is 4.82. The minimum Gasteiger partial charge on any atom is -0.357 e. The van der Waals surface area contributed by atoms with Crippen molar-refractivity contribution in [3.63, 3.8) is 0 Å². The Hall–Kier alpha value is -2.43. The number of pyridine rings is 1. The van der Waals surface area contributed by atoms with Crippen LogP contribution in [0.2, 0.25) is 0 Å². The van der Waals surface area contributed by atoms with E-state index in [1.54, 1.807) is 6.07 Å². The predicted molar refractivity (Wildman–Crippen MR) is 89.3 cm³/mol. The maximum Gasteiger partial charge on any atom is 0.274 e. The first-order chi connectivity index (χ1) is 11.2. The number of halogens is 1. The van der Waals surface area contributed by atoms with Crippen LogP contribution in [-0.4, -0.2) is 24.0 Å². The molecule has 0 bridgehead atoms. The number of benzene rings is 1. The van der Waals surface area contributed by atoms with E-state index >= 15 is 0 Å². The Morgan fingerprint density at radius 2 is 1.70 bits per heavy atom. The summed E-state index contributed by atoms with van der Waals surface area (Å²) in [4.78, 5) is 19.0. The van der Waals surface area contributed by atoms with Crippen molar-refractivity contribution in [2.45, 2.75) is 25.7 Å². The van der Waals surface area contributed by atoms with Gasteiger partial charge in [0.1, 0.15) is 17.3 Å². The SMILES string of the molecule is O=C(Nc1ccc(F)cc1)c1cccc(N2CCCCCC2)n1. The molecule has 2 aromatic rings. The average molecular weight is 313 g/mol. The van der Waals surface area contributed by atoms with Crippen LogP contribution in [0, 0.1) is 5.82 Å². The summed E-state index contributed by atoms with van der Waals surface area (Å²) < 4.78 is 12.9. The Bertz CT molecular complexity index is 664. The fraction of sp³-hybridized carbons (Fsp3) is 0.333. The van der Waals surface area contributed by atoms with E-state index in [1.165, 1.54) is 37.1 Å². The van der Waals surface area contributed by atoms with Gasteiger partial charge in [-0.2, -0.15) is 0 Å². The van der Waals surface area contributed by atoms with Gasteiger partial charge in [-0.25, -0.2) is 9.37 Å². The fourth-order valence-corrected chi connectivity index (χ4v) is 2.75. The molecular weight excluding hydrogens is 293 g/mol. The summed E-state index contributed by atoms with van der Waals surface area (Å²) in [6.45, 7) is 1.96. The third-order valence-corrected chi connectivity index (χ3v) is 4.00. The van der Waals surface area contributed by atoms with Gasteiger partial charge in [0.15, 0.2) is 0 Å². The van der Waals surface area contributed by atoms with E-state index in [4.69, 9.17) is 0 Å². The average Bonchev–Trinajstić information content (AvgIpc) is 2.86. The predicted octanol–water partition coefficient (Wildman–Crippen LogP) is 3.85. The van der Waals surface area contributed by atoms with E-state index < -0.39 is 0 Å². The van der Waals surface area contributed by atoms with E-state index in [0.29, 0.717) is 11.4 Å². The molecule has 1 fully saturated rings. The third-order valence-electron chi connectivity index (χ3n) is 4.00. The number of carbonyl (C=O) groups excluding carboxylic acids is 1. The highest BCUT2D eigenvalue weighted by atomic mass is 19.1. The molecule has 1 aliphatic rings. The summed E-state index contributed by atoms with van der Waals surface area (Å²) >= 11 is 0. The quantitative estimate of drug-likeness (QED) is 0.936. The summed E-state index contributed by atoms with van der Waals surface area (Å²) in [5.41, 5.74) is 0.925. The summed E-state index contributed by atoms with van der Waals surface area (Å²) in [6, 6.07) is 11.2. The van der Waals surface area contributed by atoms with Gasteiger partial charge >= 0.3 is 0 Å². The lowest BCUT2D eigenvalue weighted by Crippen LogP contribution is -2.26. The number of nitrogens with one attached hydrogen (secondary N) is 1. The molecule has 1 aliphatic heterocycles. The molecule has 1 aromatic carbocycles. The number of hydrogen-bond acceptors (Lipinski definition) is 3. The van der Waals surface area contributed by atoms with Gasteiger partial charge in [-0.05, 0) is 49.2 Å². The van der Waals surface area contributed by atoms with Crippen molar-refractivity contribution >= 4 is 17.4 Å². The molecule has 0 spiro atoms. The second kappa shape index (κ2) is 7.22. The minimum absolute atomic E-state index is 0.284. The van der Waals surface area contributed by atoms with Crippen molar-refractivity contribution in [1.82, 2.24) is 4.98 Å². The lowest BCUT2D eigenvalue weighted by Gasteiger charge is -2.21. The molecule has 23 heavy (non-hydrogen) atoms. The zero-order valence-electron chi connectivity index (χ0n) is 13.0. The zero-order chi connectivity index (χ0) is 16.1. The van der Waals surface area contributed by atoms with Gasteiger partial charge < -0.3 is 10.2 Å². The van der Waals surface area contributed by atoms with Gasteiger partial charge in [0.25, 0.3) is 5.91 Å². The highest BCUT2D eigenvalue weighted by molar-refractivity contribution is 6.03. The standard InChI is InChI=1S/C18H20FN3O/c19-14-8-10-15(11-9-14)20-18(23)16-6-5-7-17(21-16)22-12-3-1-2-4-13-22/h5-11H,1-4,12-13H2,(H,20,23). The van der Waals surface area contributed by atoms with Crippen molar-refractivity contribution in [2.75, 3.05) is 23.3 Å². The van der Waals surface area contributed by atoms with Crippen LogP contribution in [0.5, 0.6) is 0 Å². The van der Waals surface area contributed by atoms with Crippen LogP contribution >= 0.6 is 0 Å². The molecule has 5 heteroatoms. The highest BCUT2D eigenvalue weighted by Gasteiger charge is 2.14. The maximum absolute atomic E-state index is 12.9. The minimum atomic E-state index is -0.329. The molecule has 1 aromatic heterocycles. The van der Waals surface area contributed by atoms with Gasteiger partial charge in [-0.1, -0.05) is 18.9 Å². The fourth-order valence-electron chi connectivity index (χ4n) is 2.75.